The molecule has 0 aliphatic heterocycles. The fourth-order valence-electron chi connectivity index (χ4n) is 9.62. The van der Waals surface area contributed by atoms with Crippen molar-refractivity contribution >= 4 is 60.7 Å². The number of nitrogens with zero attached hydrogens (tertiary/aromatic N) is 2. The first-order valence-electron chi connectivity index (χ1n) is 19.3. The maximum absolute atomic E-state index is 2.57. The molecule has 0 spiro atoms. The summed E-state index contributed by atoms with van der Waals surface area (Å²) in [5.41, 5.74) is 17.2. The second-order valence-corrected chi connectivity index (χ2v) is 16.6. The average molecular weight is 713 g/mol. The van der Waals surface area contributed by atoms with Crippen molar-refractivity contribution in [3.63, 3.8) is 0 Å². The zero-order chi connectivity index (χ0) is 36.0. The molecular formula is C51H40N2S. The number of rotatable bonds is 5. The molecule has 0 saturated carbocycles. The highest BCUT2D eigenvalue weighted by atomic mass is 32.1. The maximum atomic E-state index is 2.57. The lowest BCUT2D eigenvalue weighted by Crippen LogP contribution is -2.21. The molecule has 2 heterocycles. The smallest absolute Gasteiger partial charge is 0.0542 e. The van der Waals surface area contributed by atoms with Gasteiger partial charge in [0, 0.05) is 48.5 Å². The van der Waals surface area contributed by atoms with Crippen LogP contribution in [0.15, 0.2) is 169 Å². The zero-order valence-corrected chi connectivity index (χ0v) is 31.5. The third-order valence-corrected chi connectivity index (χ3v) is 13.4. The Morgan fingerprint density at radius 3 is 2.24 bits per heavy atom. The molecule has 54 heavy (non-hydrogen) atoms. The van der Waals surface area contributed by atoms with Gasteiger partial charge in [0.05, 0.1) is 11.0 Å². The summed E-state index contributed by atoms with van der Waals surface area (Å²) in [5, 5.41) is 3.96. The quantitative estimate of drug-likeness (QED) is 0.172. The van der Waals surface area contributed by atoms with Crippen LogP contribution in [0.4, 0.5) is 11.4 Å². The molecule has 260 valence electrons. The minimum Gasteiger partial charge on any atom is -0.310 e. The van der Waals surface area contributed by atoms with E-state index in [0.717, 1.165) is 25.7 Å². The highest BCUT2D eigenvalue weighted by Gasteiger charge is 2.36. The molecule has 2 aromatic heterocycles. The Kier molecular flexibility index (Phi) is 7.06. The molecular weight excluding hydrogens is 673 g/mol. The van der Waals surface area contributed by atoms with Crippen LogP contribution in [0.25, 0.3) is 54.8 Å². The summed E-state index contributed by atoms with van der Waals surface area (Å²) in [5.74, 6) is 0. The van der Waals surface area contributed by atoms with E-state index >= 15 is 0 Å². The number of aryl methyl sites for hydroxylation is 1. The second kappa shape index (κ2) is 12.1. The van der Waals surface area contributed by atoms with E-state index in [4.69, 9.17) is 0 Å². The summed E-state index contributed by atoms with van der Waals surface area (Å²) in [6.45, 7) is 4.77. The summed E-state index contributed by atoms with van der Waals surface area (Å²) in [7, 11) is 0. The van der Waals surface area contributed by atoms with E-state index in [9.17, 15) is 0 Å². The van der Waals surface area contributed by atoms with Crippen LogP contribution in [0.2, 0.25) is 0 Å². The molecule has 8 aromatic rings. The zero-order valence-electron chi connectivity index (χ0n) is 30.6. The fourth-order valence-corrected chi connectivity index (χ4v) is 10.8. The number of aromatic nitrogens is 1. The van der Waals surface area contributed by atoms with E-state index in [1.165, 1.54) is 98.5 Å². The number of thiophene rings is 1. The topological polar surface area (TPSA) is 8.17 Å². The standard InChI is InChI=1S/C51H40N2S/c1-51(2)44-20-10-6-17-38(44)39-28-25-36(32-45(39)51)52(35-26-29-48-43(31-35)40-18-8-12-22-47(40)53(48)34-14-4-3-5-15-34)46-21-11-7-16-37(46)33-24-27-42-41-19-9-13-23-49(41)54-50(42)30-33/h3-6,8-15,17-23,25-26,28-32H,7,16,24,27H2,1-2H3. The molecule has 0 fully saturated rings. The summed E-state index contributed by atoms with van der Waals surface area (Å²) < 4.78 is 3.80. The normalized spacial score (nSPS) is 15.8. The highest BCUT2D eigenvalue weighted by molar-refractivity contribution is 7.20. The molecule has 3 aliphatic rings. The Morgan fingerprint density at radius 1 is 0.611 bits per heavy atom. The summed E-state index contributed by atoms with van der Waals surface area (Å²) in [4.78, 5) is 4.00. The van der Waals surface area contributed by atoms with Gasteiger partial charge in [0.2, 0.25) is 0 Å². The lowest BCUT2D eigenvalue weighted by Gasteiger charge is -2.33. The van der Waals surface area contributed by atoms with Crippen LogP contribution < -0.4 is 4.90 Å². The summed E-state index contributed by atoms with van der Waals surface area (Å²) >= 11 is 1.95. The van der Waals surface area contributed by atoms with Crippen LogP contribution in [0.3, 0.4) is 0 Å². The van der Waals surface area contributed by atoms with Gasteiger partial charge in [-0.25, -0.2) is 0 Å². The minimum atomic E-state index is -0.0935. The van der Waals surface area contributed by atoms with Gasteiger partial charge in [0.25, 0.3) is 0 Å². The van der Waals surface area contributed by atoms with Crippen molar-refractivity contribution in [2.75, 3.05) is 4.90 Å². The van der Waals surface area contributed by atoms with Gasteiger partial charge >= 0.3 is 0 Å². The fraction of sp³-hybridized carbons (Fsp3) is 0.137. The number of anilines is 2. The molecule has 0 radical (unpaired) electrons. The first-order valence-corrected chi connectivity index (χ1v) is 20.1. The van der Waals surface area contributed by atoms with Crippen LogP contribution in [-0.4, -0.2) is 4.57 Å². The molecule has 0 unspecified atom stereocenters. The summed E-state index contributed by atoms with van der Waals surface area (Å²) in [6.07, 6.45) is 11.5. The third-order valence-electron chi connectivity index (χ3n) is 12.2. The average Bonchev–Trinajstić information content (AvgIpc) is 3.83. The predicted octanol–water partition coefficient (Wildman–Crippen LogP) is 14.1. The van der Waals surface area contributed by atoms with Gasteiger partial charge in [-0.3, -0.25) is 0 Å². The molecule has 0 atom stereocenters. The Bertz CT molecular complexity index is 2910. The van der Waals surface area contributed by atoms with E-state index in [2.05, 4.69) is 181 Å². The number of hydrogen-bond acceptors (Lipinski definition) is 2. The number of para-hydroxylation sites is 2. The Balaban J connectivity index is 1.14. The van der Waals surface area contributed by atoms with Crippen molar-refractivity contribution in [1.82, 2.24) is 4.57 Å². The van der Waals surface area contributed by atoms with Gasteiger partial charge in [-0.2, -0.15) is 0 Å². The first kappa shape index (κ1) is 31.6. The van der Waals surface area contributed by atoms with Gasteiger partial charge in [0.1, 0.15) is 0 Å². The van der Waals surface area contributed by atoms with Gasteiger partial charge in [-0.1, -0.05) is 105 Å². The van der Waals surface area contributed by atoms with Gasteiger partial charge in [0.15, 0.2) is 0 Å². The first-order chi connectivity index (χ1) is 26.5. The van der Waals surface area contributed by atoms with Crippen molar-refractivity contribution in [3.05, 3.63) is 190 Å². The molecule has 6 aromatic carbocycles. The van der Waals surface area contributed by atoms with E-state index in [1.54, 1.807) is 0 Å². The lowest BCUT2D eigenvalue weighted by molar-refractivity contribution is 0.660. The molecule has 0 saturated heterocycles. The maximum Gasteiger partial charge on any atom is 0.0542 e. The van der Waals surface area contributed by atoms with Crippen LogP contribution in [0.1, 0.15) is 54.7 Å². The second-order valence-electron chi connectivity index (χ2n) is 15.5. The summed E-state index contributed by atoms with van der Waals surface area (Å²) in [6, 6.07) is 51.9. The lowest BCUT2D eigenvalue weighted by atomic mass is 9.82. The SMILES string of the molecule is CC1(C)c2ccccc2-c2ccc(N(C3=C(C4=Cc5sc6ccccc6c5CC4)CCC=C3)c3ccc4c(c3)c3ccccc3n4-c3ccccc3)cc21. The van der Waals surface area contributed by atoms with Crippen molar-refractivity contribution in [2.45, 2.75) is 44.9 Å². The molecule has 11 rings (SSSR count). The predicted molar refractivity (Wildman–Crippen MR) is 230 cm³/mol. The van der Waals surface area contributed by atoms with Crippen molar-refractivity contribution in [2.24, 2.45) is 0 Å². The van der Waals surface area contributed by atoms with Crippen molar-refractivity contribution in [1.29, 1.82) is 0 Å². The highest BCUT2D eigenvalue weighted by Crippen LogP contribution is 2.51. The monoisotopic (exact) mass is 712 g/mol. The molecule has 3 aliphatic carbocycles. The van der Waals surface area contributed by atoms with Crippen LogP contribution in [0, 0.1) is 0 Å². The number of allylic oxidation sites excluding steroid dienone is 4. The van der Waals surface area contributed by atoms with Crippen LogP contribution in [-0.2, 0) is 11.8 Å². The van der Waals surface area contributed by atoms with Crippen LogP contribution in [0.5, 0.6) is 0 Å². The minimum absolute atomic E-state index is 0.0935. The third kappa shape index (κ3) is 4.71. The Labute approximate surface area is 320 Å². The number of benzene rings is 6. The van der Waals surface area contributed by atoms with E-state index in [1.807, 2.05) is 11.3 Å². The molecule has 2 nitrogen and oxygen atoms in total. The van der Waals surface area contributed by atoms with Gasteiger partial charge < -0.3 is 9.47 Å². The van der Waals surface area contributed by atoms with Gasteiger partial charge in [-0.05, 0) is 137 Å². The number of hydrogen-bond donors (Lipinski definition) is 0. The molecule has 3 heteroatoms. The Morgan fingerprint density at radius 2 is 1.33 bits per heavy atom. The van der Waals surface area contributed by atoms with Crippen molar-refractivity contribution < 1.29 is 0 Å². The van der Waals surface area contributed by atoms with Crippen molar-refractivity contribution in [3.8, 4) is 16.8 Å². The van der Waals surface area contributed by atoms with E-state index in [-0.39, 0.29) is 5.41 Å². The largest absolute Gasteiger partial charge is 0.310 e. The molecule has 0 amide bonds. The number of fused-ring (bicyclic) bond motifs is 9. The Hall–Kier alpha value is -5.90. The molecule has 0 N–H and O–H groups in total. The van der Waals surface area contributed by atoms with Crippen LogP contribution >= 0.6 is 11.3 Å². The van der Waals surface area contributed by atoms with E-state index < -0.39 is 0 Å². The molecule has 0 bridgehead atoms. The van der Waals surface area contributed by atoms with Gasteiger partial charge in [-0.15, -0.1) is 11.3 Å². The van der Waals surface area contributed by atoms with E-state index in [0.29, 0.717) is 0 Å².